The van der Waals surface area contributed by atoms with Crippen molar-refractivity contribution >= 4 is 10.9 Å². The second-order valence-electron chi connectivity index (χ2n) is 4.92. The zero-order valence-electron chi connectivity index (χ0n) is 11.4. The fourth-order valence-corrected chi connectivity index (χ4v) is 2.54. The number of benzene rings is 2. The minimum Gasteiger partial charge on any atom is -0.343 e. The van der Waals surface area contributed by atoms with E-state index in [9.17, 15) is 4.39 Å². The van der Waals surface area contributed by atoms with E-state index in [1.165, 1.54) is 6.07 Å². The van der Waals surface area contributed by atoms with Gasteiger partial charge in [-0.25, -0.2) is 4.39 Å². The third kappa shape index (κ3) is 2.39. The Morgan fingerprint density at radius 2 is 1.95 bits per heavy atom. The van der Waals surface area contributed by atoms with Gasteiger partial charge in [-0.2, -0.15) is 5.26 Å². The summed E-state index contributed by atoms with van der Waals surface area (Å²) < 4.78 is 16.0. The number of hydrogen-bond acceptors (Lipinski definition) is 2. The first-order chi connectivity index (χ1) is 10.2. The van der Waals surface area contributed by atoms with Crippen LogP contribution in [0.1, 0.15) is 16.7 Å². The van der Waals surface area contributed by atoms with Crippen LogP contribution in [0.4, 0.5) is 4.39 Å². The summed E-state index contributed by atoms with van der Waals surface area (Å²) in [6.45, 7) is 0.863. The second-order valence-corrected chi connectivity index (χ2v) is 4.92. The van der Waals surface area contributed by atoms with Gasteiger partial charge < -0.3 is 10.3 Å². The molecule has 0 bridgehead atoms. The fraction of sp³-hybridized carbons (Fsp3) is 0.118. The first-order valence-electron chi connectivity index (χ1n) is 6.68. The van der Waals surface area contributed by atoms with Crippen LogP contribution in [-0.2, 0) is 13.1 Å². The van der Waals surface area contributed by atoms with Crippen LogP contribution >= 0.6 is 0 Å². The first-order valence-corrected chi connectivity index (χ1v) is 6.68. The Balaban J connectivity index is 2.04. The molecule has 4 heteroatoms. The molecule has 0 aliphatic rings. The van der Waals surface area contributed by atoms with Crippen LogP contribution in [-0.4, -0.2) is 4.57 Å². The Labute approximate surface area is 122 Å². The van der Waals surface area contributed by atoms with Crippen molar-refractivity contribution in [3.05, 3.63) is 71.2 Å². The van der Waals surface area contributed by atoms with E-state index >= 15 is 0 Å². The lowest BCUT2D eigenvalue weighted by Gasteiger charge is -2.07. The third-order valence-electron chi connectivity index (χ3n) is 3.61. The molecule has 21 heavy (non-hydrogen) atoms. The molecule has 1 aromatic heterocycles. The normalized spacial score (nSPS) is 10.7. The van der Waals surface area contributed by atoms with Crippen LogP contribution in [0, 0.1) is 17.1 Å². The lowest BCUT2D eigenvalue weighted by molar-refractivity contribution is 0.601. The van der Waals surface area contributed by atoms with Gasteiger partial charge in [-0.05, 0) is 23.8 Å². The Bertz CT molecular complexity index is 843. The number of nitrogens with zero attached hydrogens (tertiary/aromatic N) is 2. The van der Waals surface area contributed by atoms with Gasteiger partial charge in [-0.1, -0.05) is 24.3 Å². The Hall–Kier alpha value is -2.64. The summed E-state index contributed by atoms with van der Waals surface area (Å²) in [6.07, 6.45) is 1.96. The Kier molecular flexibility index (Phi) is 3.43. The SMILES string of the molecule is N#Cc1ccc(Cn2cc(CN)c3ccccc32)c(F)c1. The van der Waals surface area contributed by atoms with E-state index < -0.39 is 0 Å². The maximum absolute atomic E-state index is 14.0. The van der Waals surface area contributed by atoms with Gasteiger partial charge in [0.2, 0.25) is 0 Å². The highest BCUT2D eigenvalue weighted by molar-refractivity contribution is 5.84. The van der Waals surface area contributed by atoms with Gasteiger partial charge in [0.05, 0.1) is 18.2 Å². The van der Waals surface area contributed by atoms with Crippen molar-refractivity contribution in [3.63, 3.8) is 0 Å². The Morgan fingerprint density at radius 1 is 1.14 bits per heavy atom. The molecule has 0 aliphatic heterocycles. The van der Waals surface area contributed by atoms with Gasteiger partial charge in [0.15, 0.2) is 0 Å². The molecule has 0 amide bonds. The lowest BCUT2D eigenvalue weighted by atomic mass is 10.1. The van der Waals surface area contributed by atoms with Crippen LogP contribution in [0.25, 0.3) is 10.9 Å². The van der Waals surface area contributed by atoms with E-state index in [0.717, 1.165) is 16.5 Å². The van der Waals surface area contributed by atoms with Crippen LogP contribution in [0.15, 0.2) is 48.7 Å². The number of halogens is 1. The number of hydrogen-bond donors (Lipinski definition) is 1. The molecular formula is C17H14FN3. The summed E-state index contributed by atoms with van der Waals surface area (Å²) in [6, 6.07) is 14.4. The summed E-state index contributed by atoms with van der Waals surface area (Å²) in [5, 5.41) is 9.88. The number of para-hydroxylation sites is 1. The van der Waals surface area contributed by atoms with Crippen molar-refractivity contribution in [1.82, 2.24) is 4.57 Å². The lowest BCUT2D eigenvalue weighted by Crippen LogP contribution is -2.01. The predicted octanol–water partition coefficient (Wildman–Crippen LogP) is 3.16. The molecule has 3 rings (SSSR count). The molecule has 0 aliphatic carbocycles. The standard InChI is InChI=1S/C17H14FN3/c18-16-7-12(8-19)5-6-13(16)10-21-11-14(9-20)15-3-1-2-4-17(15)21/h1-7,11H,9-10,20H2. The zero-order chi connectivity index (χ0) is 14.8. The van der Waals surface area contributed by atoms with Gasteiger partial charge in [0, 0.05) is 29.2 Å². The van der Waals surface area contributed by atoms with Crippen LogP contribution in [0.3, 0.4) is 0 Å². The van der Waals surface area contributed by atoms with Crippen LogP contribution < -0.4 is 5.73 Å². The number of fused-ring (bicyclic) bond motifs is 1. The maximum atomic E-state index is 14.0. The van der Waals surface area contributed by atoms with Gasteiger partial charge in [-0.3, -0.25) is 0 Å². The third-order valence-corrected chi connectivity index (χ3v) is 3.61. The van der Waals surface area contributed by atoms with E-state index in [-0.39, 0.29) is 5.82 Å². The van der Waals surface area contributed by atoms with E-state index in [0.29, 0.717) is 24.2 Å². The van der Waals surface area contributed by atoms with Crippen molar-refractivity contribution in [3.8, 4) is 6.07 Å². The molecule has 0 saturated carbocycles. The van der Waals surface area contributed by atoms with Crippen molar-refractivity contribution in [1.29, 1.82) is 5.26 Å². The molecule has 2 aromatic carbocycles. The minimum atomic E-state index is -0.360. The van der Waals surface area contributed by atoms with Crippen molar-refractivity contribution in [2.75, 3.05) is 0 Å². The number of nitriles is 1. The topological polar surface area (TPSA) is 54.7 Å². The highest BCUT2D eigenvalue weighted by Gasteiger charge is 2.09. The molecule has 3 nitrogen and oxygen atoms in total. The van der Waals surface area contributed by atoms with Crippen LogP contribution in [0.2, 0.25) is 0 Å². The number of aromatic nitrogens is 1. The van der Waals surface area contributed by atoms with Gasteiger partial charge in [-0.15, -0.1) is 0 Å². The van der Waals surface area contributed by atoms with Crippen molar-refractivity contribution in [2.24, 2.45) is 5.73 Å². The van der Waals surface area contributed by atoms with E-state index in [2.05, 4.69) is 0 Å². The van der Waals surface area contributed by atoms with Gasteiger partial charge in [0.25, 0.3) is 0 Å². The molecule has 0 fully saturated rings. The van der Waals surface area contributed by atoms with Gasteiger partial charge in [0.1, 0.15) is 5.82 Å². The quantitative estimate of drug-likeness (QED) is 0.800. The minimum absolute atomic E-state index is 0.330. The first kappa shape index (κ1) is 13.3. The average Bonchev–Trinajstić information content (AvgIpc) is 2.87. The van der Waals surface area contributed by atoms with Gasteiger partial charge >= 0.3 is 0 Å². The Morgan fingerprint density at radius 3 is 2.67 bits per heavy atom. The fourth-order valence-electron chi connectivity index (χ4n) is 2.54. The molecule has 3 aromatic rings. The molecule has 0 spiro atoms. The highest BCUT2D eigenvalue weighted by Crippen LogP contribution is 2.22. The summed E-state index contributed by atoms with van der Waals surface area (Å²) in [5.74, 6) is -0.360. The van der Waals surface area contributed by atoms with E-state index in [4.69, 9.17) is 11.0 Å². The van der Waals surface area contributed by atoms with Crippen molar-refractivity contribution < 1.29 is 4.39 Å². The summed E-state index contributed by atoms with van der Waals surface area (Å²) in [7, 11) is 0. The van der Waals surface area contributed by atoms with E-state index in [1.807, 2.05) is 41.1 Å². The zero-order valence-corrected chi connectivity index (χ0v) is 11.4. The summed E-state index contributed by atoms with van der Waals surface area (Å²) >= 11 is 0. The smallest absolute Gasteiger partial charge is 0.129 e. The largest absolute Gasteiger partial charge is 0.343 e. The molecular weight excluding hydrogens is 265 g/mol. The summed E-state index contributed by atoms with van der Waals surface area (Å²) in [4.78, 5) is 0. The second kappa shape index (κ2) is 5.39. The van der Waals surface area contributed by atoms with Crippen molar-refractivity contribution in [2.45, 2.75) is 13.1 Å². The average molecular weight is 279 g/mol. The van der Waals surface area contributed by atoms with E-state index in [1.54, 1.807) is 12.1 Å². The van der Waals surface area contributed by atoms with Crippen LogP contribution in [0.5, 0.6) is 0 Å². The molecule has 104 valence electrons. The number of rotatable bonds is 3. The maximum Gasteiger partial charge on any atom is 0.129 e. The molecule has 1 heterocycles. The molecule has 0 unspecified atom stereocenters. The highest BCUT2D eigenvalue weighted by atomic mass is 19.1. The molecule has 0 saturated heterocycles. The number of nitrogens with two attached hydrogens (primary N) is 1. The predicted molar refractivity (Wildman–Crippen MR) is 80.0 cm³/mol. The molecule has 2 N–H and O–H groups in total. The monoisotopic (exact) mass is 279 g/mol. The molecule has 0 radical (unpaired) electrons. The summed E-state index contributed by atoms with van der Waals surface area (Å²) in [5.41, 5.74) is 8.72. The molecule has 0 atom stereocenters.